The minimum absolute atomic E-state index is 0.0956. The van der Waals surface area contributed by atoms with E-state index >= 15 is 0 Å². The molecule has 0 aliphatic carbocycles. The molecule has 0 fully saturated rings. The summed E-state index contributed by atoms with van der Waals surface area (Å²) in [6.07, 6.45) is 61.3. The van der Waals surface area contributed by atoms with Gasteiger partial charge in [-0.05, 0) is 89.9 Å². The fraction of sp³-hybridized carbons (Fsp3) is 0.685. The van der Waals surface area contributed by atoms with Gasteiger partial charge in [0.05, 0.1) is 0 Å². The summed E-state index contributed by atoms with van der Waals surface area (Å²) < 4.78 is 16.7. The van der Waals surface area contributed by atoms with Crippen LogP contribution in [0, 0.1) is 0 Å². The summed E-state index contributed by atoms with van der Waals surface area (Å²) in [5.74, 6) is -0.952. The molecule has 342 valence electrons. The van der Waals surface area contributed by atoms with E-state index < -0.39 is 6.10 Å². The number of esters is 3. The van der Waals surface area contributed by atoms with Crippen molar-refractivity contribution in [3.8, 4) is 0 Å². The molecule has 0 aliphatic heterocycles. The third-order valence-corrected chi connectivity index (χ3v) is 10.2. The maximum Gasteiger partial charge on any atom is 0.306 e. The van der Waals surface area contributed by atoms with E-state index in [4.69, 9.17) is 14.2 Å². The van der Waals surface area contributed by atoms with Crippen molar-refractivity contribution in [1.29, 1.82) is 0 Å². The second kappa shape index (κ2) is 48.3. The van der Waals surface area contributed by atoms with Crippen LogP contribution in [0.25, 0.3) is 0 Å². The Labute approximate surface area is 369 Å². The smallest absolute Gasteiger partial charge is 0.306 e. The van der Waals surface area contributed by atoms with Crippen LogP contribution >= 0.6 is 0 Å². The topological polar surface area (TPSA) is 78.9 Å². The molecule has 0 aromatic rings. The molecule has 6 heteroatoms. The SMILES string of the molecule is CC\C=C/C=C\C=C/C=C\CCCCCC(=O)OCC(COC(=O)CCCCCCCCC/C=C\CCCCCC)OC(=O)CCCCCCCCC/C=C\C/C=C\CC. The van der Waals surface area contributed by atoms with Crippen molar-refractivity contribution >= 4 is 17.9 Å². The van der Waals surface area contributed by atoms with Gasteiger partial charge in [0.25, 0.3) is 0 Å². The van der Waals surface area contributed by atoms with Crippen LogP contribution in [0.5, 0.6) is 0 Å². The Balaban J connectivity index is 4.46. The second-order valence-corrected chi connectivity index (χ2v) is 16.0. The summed E-state index contributed by atoms with van der Waals surface area (Å²) in [5, 5.41) is 0. The Bertz CT molecular complexity index is 1190. The predicted octanol–water partition coefficient (Wildman–Crippen LogP) is 16.0. The van der Waals surface area contributed by atoms with E-state index in [0.717, 1.165) is 89.9 Å². The Morgan fingerprint density at radius 1 is 0.367 bits per heavy atom. The van der Waals surface area contributed by atoms with Gasteiger partial charge in [0.2, 0.25) is 0 Å². The van der Waals surface area contributed by atoms with Crippen LogP contribution in [-0.4, -0.2) is 37.2 Å². The first kappa shape index (κ1) is 56.6. The molecule has 0 radical (unpaired) electrons. The van der Waals surface area contributed by atoms with Crippen molar-refractivity contribution in [2.45, 2.75) is 226 Å². The number of carbonyl (C=O) groups is 3. The standard InChI is InChI=1S/C54H90O6/c1-4-7-10-13-16-19-22-25-27-30-32-35-38-41-44-47-53(56)59-50-51(49-58-52(55)46-43-40-37-34-31-28-24-21-18-15-12-9-6-3)60-54(57)48-45-42-39-36-33-29-26-23-20-17-14-11-8-5-2/h8-9,11-12,15,17-22,24,28,31,51H,4-7,10,13-14,16,23,25-27,29-30,32-50H2,1-3H3/b11-8-,12-9-,18-15-,20-17-,22-19-,24-21-,31-28-. The molecule has 0 aromatic heterocycles. The molecular weight excluding hydrogens is 745 g/mol. The van der Waals surface area contributed by atoms with Gasteiger partial charge in [-0.1, -0.05) is 196 Å². The van der Waals surface area contributed by atoms with Gasteiger partial charge in [-0.2, -0.15) is 0 Å². The average molecular weight is 835 g/mol. The Kier molecular flexibility index (Phi) is 45.5. The highest BCUT2D eigenvalue weighted by atomic mass is 16.6. The molecule has 0 saturated carbocycles. The average Bonchev–Trinajstić information content (AvgIpc) is 3.24. The van der Waals surface area contributed by atoms with Gasteiger partial charge in [-0.25, -0.2) is 0 Å². The fourth-order valence-electron chi connectivity index (χ4n) is 6.54. The van der Waals surface area contributed by atoms with Crippen LogP contribution in [-0.2, 0) is 28.6 Å². The van der Waals surface area contributed by atoms with Crippen LogP contribution < -0.4 is 0 Å². The summed E-state index contributed by atoms with van der Waals surface area (Å²) in [5.41, 5.74) is 0. The Hall–Kier alpha value is -3.41. The highest BCUT2D eigenvalue weighted by Crippen LogP contribution is 2.14. The number of hydrogen-bond donors (Lipinski definition) is 0. The first-order valence-electron chi connectivity index (χ1n) is 24.6. The van der Waals surface area contributed by atoms with E-state index in [-0.39, 0.29) is 31.1 Å². The van der Waals surface area contributed by atoms with Gasteiger partial charge in [-0.15, -0.1) is 0 Å². The molecule has 0 aliphatic rings. The lowest BCUT2D eigenvalue weighted by Gasteiger charge is -2.18. The number of rotatable bonds is 43. The van der Waals surface area contributed by atoms with E-state index in [0.29, 0.717) is 19.3 Å². The van der Waals surface area contributed by atoms with E-state index in [1.807, 2.05) is 36.5 Å². The van der Waals surface area contributed by atoms with Crippen LogP contribution in [0.2, 0.25) is 0 Å². The Morgan fingerprint density at radius 2 is 0.733 bits per heavy atom. The molecule has 0 bridgehead atoms. The maximum atomic E-state index is 12.8. The van der Waals surface area contributed by atoms with E-state index in [1.54, 1.807) is 0 Å². The van der Waals surface area contributed by atoms with Gasteiger partial charge in [0.15, 0.2) is 6.10 Å². The molecule has 6 nitrogen and oxygen atoms in total. The molecule has 0 heterocycles. The molecule has 1 atom stereocenters. The Morgan fingerprint density at radius 3 is 1.23 bits per heavy atom. The number of carbonyl (C=O) groups excluding carboxylic acids is 3. The normalized spacial score (nSPS) is 12.8. The lowest BCUT2D eigenvalue weighted by atomic mass is 10.1. The van der Waals surface area contributed by atoms with Crippen molar-refractivity contribution in [1.82, 2.24) is 0 Å². The maximum absolute atomic E-state index is 12.8. The van der Waals surface area contributed by atoms with E-state index in [2.05, 4.69) is 69.4 Å². The van der Waals surface area contributed by atoms with Crippen LogP contribution in [0.4, 0.5) is 0 Å². The highest BCUT2D eigenvalue weighted by molar-refractivity contribution is 5.71. The lowest BCUT2D eigenvalue weighted by Crippen LogP contribution is -2.30. The van der Waals surface area contributed by atoms with Crippen LogP contribution in [0.3, 0.4) is 0 Å². The summed E-state index contributed by atoms with van der Waals surface area (Å²) >= 11 is 0. The molecule has 0 spiro atoms. The largest absolute Gasteiger partial charge is 0.462 e. The number of ether oxygens (including phenoxy) is 3. The van der Waals surface area contributed by atoms with Crippen molar-refractivity contribution in [3.05, 3.63) is 85.1 Å². The monoisotopic (exact) mass is 835 g/mol. The zero-order valence-electron chi connectivity index (χ0n) is 38.9. The van der Waals surface area contributed by atoms with Gasteiger partial charge < -0.3 is 14.2 Å². The quantitative estimate of drug-likeness (QED) is 0.0200. The fourth-order valence-corrected chi connectivity index (χ4v) is 6.54. The van der Waals surface area contributed by atoms with Gasteiger partial charge >= 0.3 is 17.9 Å². The summed E-state index contributed by atoms with van der Waals surface area (Å²) in [4.78, 5) is 37.9. The van der Waals surface area contributed by atoms with Crippen molar-refractivity contribution in [2.24, 2.45) is 0 Å². The number of allylic oxidation sites excluding steroid dienone is 14. The minimum atomic E-state index is -0.797. The minimum Gasteiger partial charge on any atom is -0.462 e. The number of unbranched alkanes of at least 4 members (excludes halogenated alkanes) is 21. The highest BCUT2D eigenvalue weighted by Gasteiger charge is 2.19. The van der Waals surface area contributed by atoms with Crippen molar-refractivity contribution in [2.75, 3.05) is 13.2 Å². The second-order valence-electron chi connectivity index (χ2n) is 16.0. The van der Waals surface area contributed by atoms with Crippen LogP contribution in [0.1, 0.15) is 220 Å². The van der Waals surface area contributed by atoms with E-state index in [9.17, 15) is 14.4 Å². The van der Waals surface area contributed by atoms with Crippen molar-refractivity contribution in [3.63, 3.8) is 0 Å². The molecule has 1 unspecified atom stereocenters. The molecule has 60 heavy (non-hydrogen) atoms. The lowest BCUT2D eigenvalue weighted by molar-refractivity contribution is -0.167. The van der Waals surface area contributed by atoms with Gasteiger partial charge in [0, 0.05) is 19.3 Å². The summed E-state index contributed by atoms with van der Waals surface area (Å²) in [7, 11) is 0. The molecule has 0 rings (SSSR count). The first-order chi connectivity index (χ1) is 29.5. The molecular formula is C54H90O6. The summed E-state index contributed by atoms with van der Waals surface area (Å²) in [6.45, 7) is 6.32. The summed E-state index contributed by atoms with van der Waals surface area (Å²) in [6, 6.07) is 0. The molecule has 0 aromatic carbocycles. The molecule has 0 amide bonds. The first-order valence-corrected chi connectivity index (χ1v) is 24.6. The predicted molar refractivity (Wildman–Crippen MR) is 256 cm³/mol. The third-order valence-electron chi connectivity index (χ3n) is 10.2. The van der Waals surface area contributed by atoms with Gasteiger partial charge in [-0.3, -0.25) is 14.4 Å². The zero-order valence-corrected chi connectivity index (χ0v) is 38.9. The number of hydrogen-bond acceptors (Lipinski definition) is 6. The third kappa shape index (κ3) is 45.7. The van der Waals surface area contributed by atoms with Crippen molar-refractivity contribution < 1.29 is 28.6 Å². The zero-order chi connectivity index (χ0) is 43.7. The molecule has 0 saturated heterocycles. The van der Waals surface area contributed by atoms with E-state index in [1.165, 1.54) is 89.9 Å². The van der Waals surface area contributed by atoms with Crippen LogP contribution in [0.15, 0.2) is 85.1 Å². The molecule has 0 N–H and O–H groups in total. The van der Waals surface area contributed by atoms with Gasteiger partial charge in [0.1, 0.15) is 13.2 Å².